The molecular weight excluding hydrogens is 308 g/mol. The Balaban J connectivity index is 1.57. The summed E-state index contributed by atoms with van der Waals surface area (Å²) in [5.41, 5.74) is 1.47. The van der Waals surface area contributed by atoms with E-state index in [-0.39, 0.29) is 12.3 Å². The fourth-order valence-electron chi connectivity index (χ4n) is 2.85. The zero-order chi connectivity index (χ0) is 16.1. The quantitative estimate of drug-likeness (QED) is 0.930. The minimum atomic E-state index is -0.110. The summed E-state index contributed by atoms with van der Waals surface area (Å²) in [7, 11) is 0. The molecule has 0 spiro atoms. The van der Waals surface area contributed by atoms with E-state index in [1.807, 2.05) is 0 Å². The average molecular weight is 326 g/mol. The zero-order valence-electron chi connectivity index (χ0n) is 12.8. The normalized spacial score (nSPS) is 15.1. The second kappa shape index (κ2) is 7.34. The summed E-state index contributed by atoms with van der Waals surface area (Å²) in [6.07, 6.45) is 6.43. The van der Waals surface area contributed by atoms with Gasteiger partial charge in [-0.1, -0.05) is 42.7 Å². The molecule has 6 heteroatoms. The van der Waals surface area contributed by atoms with E-state index in [2.05, 4.69) is 21.6 Å². The van der Waals surface area contributed by atoms with Crippen LogP contribution >= 0.6 is 11.3 Å². The third-order valence-corrected chi connectivity index (χ3v) is 5.09. The van der Waals surface area contributed by atoms with Crippen molar-refractivity contribution in [3.63, 3.8) is 0 Å². The number of aromatic nitrogens is 2. The molecule has 1 aliphatic carbocycles. The van der Waals surface area contributed by atoms with Gasteiger partial charge in [-0.15, -0.1) is 10.2 Å². The lowest BCUT2D eigenvalue weighted by Gasteiger charge is -2.18. The molecule has 0 aliphatic heterocycles. The van der Waals surface area contributed by atoms with E-state index in [0.29, 0.717) is 16.6 Å². The highest BCUT2D eigenvalue weighted by Crippen LogP contribution is 2.35. The Hall–Kier alpha value is -2.26. The van der Waals surface area contributed by atoms with E-state index in [9.17, 15) is 4.79 Å². The molecule has 1 fully saturated rings. The molecule has 2 aromatic rings. The molecule has 1 amide bonds. The van der Waals surface area contributed by atoms with Crippen LogP contribution in [0.25, 0.3) is 0 Å². The largest absolute Gasteiger partial charge is 0.300 e. The first-order valence-corrected chi connectivity index (χ1v) is 8.68. The van der Waals surface area contributed by atoms with E-state index in [1.54, 1.807) is 24.3 Å². The van der Waals surface area contributed by atoms with Gasteiger partial charge in [-0.05, 0) is 30.5 Å². The number of benzene rings is 1. The molecule has 1 heterocycles. The third kappa shape index (κ3) is 4.14. The summed E-state index contributed by atoms with van der Waals surface area (Å²) in [5.74, 6) is 0.395. The van der Waals surface area contributed by atoms with Crippen LogP contribution < -0.4 is 5.32 Å². The summed E-state index contributed by atoms with van der Waals surface area (Å²) < 4.78 is 0. The van der Waals surface area contributed by atoms with Crippen LogP contribution in [0.3, 0.4) is 0 Å². The highest BCUT2D eigenvalue weighted by molar-refractivity contribution is 7.15. The molecule has 23 heavy (non-hydrogen) atoms. The fraction of sp³-hybridized carbons (Fsp3) is 0.412. The second-order valence-corrected chi connectivity index (χ2v) is 6.82. The molecule has 1 aromatic heterocycles. The SMILES string of the molecule is N#Cc1ccc(CC(=O)Nc2nnc(C3CCCCC3)s2)cc1. The standard InChI is InChI=1S/C17H18N4OS/c18-11-13-8-6-12(7-9-13)10-15(22)19-17-21-20-16(23-17)14-4-2-1-3-5-14/h6-9,14H,1-5,10H2,(H,19,21,22). The smallest absolute Gasteiger partial charge is 0.230 e. The number of hydrogen-bond acceptors (Lipinski definition) is 5. The maximum atomic E-state index is 12.1. The molecule has 0 bridgehead atoms. The van der Waals surface area contributed by atoms with Gasteiger partial charge in [0.25, 0.3) is 0 Å². The summed E-state index contributed by atoms with van der Waals surface area (Å²) in [6, 6.07) is 9.09. The number of amides is 1. The number of carbonyl (C=O) groups excluding carboxylic acids is 1. The lowest BCUT2D eigenvalue weighted by molar-refractivity contribution is -0.115. The number of carbonyl (C=O) groups is 1. The molecule has 1 saturated carbocycles. The first-order chi connectivity index (χ1) is 11.2. The van der Waals surface area contributed by atoms with Gasteiger partial charge in [-0.25, -0.2) is 0 Å². The lowest BCUT2D eigenvalue weighted by Crippen LogP contribution is -2.14. The van der Waals surface area contributed by atoms with Gasteiger partial charge >= 0.3 is 0 Å². The van der Waals surface area contributed by atoms with Gasteiger partial charge in [0.1, 0.15) is 5.01 Å². The van der Waals surface area contributed by atoms with Crippen LogP contribution in [0.1, 0.15) is 54.2 Å². The number of nitrogens with one attached hydrogen (secondary N) is 1. The first-order valence-electron chi connectivity index (χ1n) is 7.87. The minimum Gasteiger partial charge on any atom is -0.300 e. The van der Waals surface area contributed by atoms with Crippen LogP contribution in [-0.4, -0.2) is 16.1 Å². The summed E-state index contributed by atoms with van der Waals surface area (Å²) in [6.45, 7) is 0. The number of nitrogens with zero attached hydrogens (tertiary/aromatic N) is 3. The highest BCUT2D eigenvalue weighted by atomic mass is 32.1. The van der Waals surface area contributed by atoms with Crippen LogP contribution in [0.5, 0.6) is 0 Å². The van der Waals surface area contributed by atoms with Crippen LogP contribution in [0.2, 0.25) is 0 Å². The number of anilines is 1. The Labute approximate surface area is 139 Å². The highest BCUT2D eigenvalue weighted by Gasteiger charge is 2.20. The van der Waals surface area contributed by atoms with E-state index in [0.717, 1.165) is 10.6 Å². The predicted octanol–water partition coefficient (Wildman–Crippen LogP) is 3.64. The first kappa shape index (κ1) is 15.6. The van der Waals surface area contributed by atoms with Gasteiger partial charge < -0.3 is 5.32 Å². The average Bonchev–Trinajstić information content (AvgIpc) is 3.04. The van der Waals surface area contributed by atoms with Crippen molar-refractivity contribution in [1.29, 1.82) is 5.26 Å². The lowest BCUT2D eigenvalue weighted by atomic mass is 9.90. The molecule has 0 radical (unpaired) electrons. The van der Waals surface area contributed by atoms with Crippen molar-refractivity contribution < 1.29 is 4.79 Å². The molecule has 3 rings (SSSR count). The van der Waals surface area contributed by atoms with Gasteiger partial charge in [0.2, 0.25) is 11.0 Å². The Morgan fingerprint density at radius 3 is 2.65 bits per heavy atom. The van der Waals surface area contributed by atoms with Crippen LogP contribution in [0.4, 0.5) is 5.13 Å². The molecule has 0 atom stereocenters. The van der Waals surface area contributed by atoms with E-state index < -0.39 is 0 Å². The van der Waals surface area contributed by atoms with E-state index in [1.165, 1.54) is 43.4 Å². The second-order valence-electron chi connectivity index (χ2n) is 5.81. The van der Waals surface area contributed by atoms with Gasteiger partial charge in [0, 0.05) is 5.92 Å². The van der Waals surface area contributed by atoms with Crippen molar-refractivity contribution in [2.24, 2.45) is 0 Å². The Kier molecular flexibility index (Phi) is 4.99. The predicted molar refractivity (Wildman–Crippen MR) is 89.2 cm³/mol. The van der Waals surface area contributed by atoms with Crippen molar-refractivity contribution in [1.82, 2.24) is 10.2 Å². The molecule has 1 aromatic carbocycles. The van der Waals surface area contributed by atoms with Crippen molar-refractivity contribution in [3.05, 3.63) is 40.4 Å². The minimum absolute atomic E-state index is 0.110. The topological polar surface area (TPSA) is 78.7 Å². The summed E-state index contributed by atoms with van der Waals surface area (Å²) in [4.78, 5) is 12.1. The monoisotopic (exact) mass is 326 g/mol. The van der Waals surface area contributed by atoms with Gasteiger partial charge in [0.15, 0.2) is 0 Å². The zero-order valence-corrected chi connectivity index (χ0v) is 13.6. The maximum Gasteiger partial charge on any atom is 0.230 e. The van der Waals surface area contributed by atoms with Crippen LogP contribution in [0.15, 0.2) is 24.3 Å². The van der Waals surface area contributed by atoms with Gasteiger partial charge in [0.05, 0.1) is 18.1 Å². The maximum absolute atomic E-state index is 12.1. The number of hydrogen-bond donors (Lipinski definition) is 1. The van der Waals surface area contributed by atoms with E-state index in [4.69, 9.17) is 5.26 Å². The molecule has 1 aliphatic rings. The Morgan fingerprint density at radius 2 is 1.96 bits per heavy atom. The van der Waals surface area contributed by atoms with Crippen molar-refractivity contribution in [2.45, 2.75) is 44.4 Å². The molecule has 0 saturated heterocycles. The van der Waals surface area contributed by atoms with Gasteiger partial charge in [-0.2, -0.15) is 5.26 Å². The van der Waals surface area contributed by atoms with Crippen molar-refractivity contribution in [2.75, 3.05) is 5.32 Å². The molecular formula is C17H18N4OS. The molecule has 1 N–H and O–H groups in total. The van der Waals surface area contributed by atoms with Gasteiger partial charge in [-0.3, -0.25) is 4.79 Å². The van der Waals surface area contributed by atoms with Crippen molar-refractivity contribution >= 4 is 22.4 Å². The number of rotatable bonds is 4. The molecule has 5 nitrogen and oxygen atoms in total. The van der Waals surface area contributed by atoms with Crippen molar-refractivity contribution in [3.8, 4) is 6.07 Å². The summed E-state index contributed by atoms with van der Waals surface area (Å²) >= 11 is 1.49. The van der Waals surface area contributed by atoms with E-state index >= 15 is 0 Å². The number of nitriles is 1. The molecule has 118 valence electrons. The Bertz CT molecular complexity index is 711. The fourth-order valence-corrected chi connectivity index (χ4v) is 3.77. The third-order valence-electron chi connectivity index (χ3n) is 4.09. The van der Waals surface area contributed by atoms with Crippen LogP contribution in [0, 0.1) is 11.3 Å². The summed E-state index contributed by atoms with van der Waals surface area (Å²) in [5, 5.41) is 21.5. The molecule has 0 unspecified atom stereocenters. The Morgan fingerprint density at radius 1 is 1.22 bits per heavy atom. The van der Waals surface area contributed by atoms with Crippen LogP contribution in [-0.2, 0) is 11.2 Å².